The Labute approximate surface area is 152 Å². The number of hydrogen-bond acceptors (Lipinski definition) is 1. The molecule has 1 nitrogen and oxygen atoms in total. The number of phenolic OH excluding ortho intramolecular Hbond substituents is 1. The Bertz CT molecular complexity index is 808. The van der Waals surface area contributed by atoms with Crippen LogP contribution in [0.15, 0.2) is 24.3 Å². The van der Waals surface area contributed by atoms with E-state index in [-0.39, 0.29) is 5.41 Å². The maximum Gasteiger partial charge on any atom is 0.127 e. The summed E-state index contributed by atoms with van der Waals surface area (Å²) in [4.78, 5) is 0. The highest BCUT2D eigenvalue weighted by Crippen LogP contribution is 2.45. The molecule has 1 N–H and O–H groups in total. The number of rotatable bonds is 1. The third-order valence-corrected chi connectivity index (χ3v) is 6.07. The van der Waals surface area contributed by atoms with Crippen LogP contribution in [0.25, 0.3) is 11.1 Å². The van der Waals surface area contributed by atoms with Crippen molar-refractivity contribution in [2.45, 2.75) is 77.6 Å². The minimum Gasteiger partial charge on any atom is -0.507 e. The third kappa shape index (κ3) is 2.99. The molecule has 0 aliphatic heterocycles. The summed E-state index contributed by atoms with van der Waals surface area (Å²) in [6, 6.07) is 9.29. The Balaban J connectivity index is 1.94. The number of phenols is 1. The summed E-state index contributed by atoms with van der Waals surface area (Å²) >= 11 is 0. The van der Waals surface area contributed by atoms with Gasteiger partial charge in [-0.05, 0) is 90.2 Å². The predicted octanol–water partition coefficient (Wildman–Crippen LogP) is 6.11. The SMILES string of the molecule is CC(C)(C)c1cc2c(c(O)c1-c1ccc3c(c1)CCCC3)CCCC2. The van der Waals surface area contributed by atoms with Gasteiger partial charge in [-0.25, -0.2) is 0 Å². The van der Waals surface area contributed by atoms with Crippen molar-refractivity contribution in [2.24, 2.45) is 0 Å². The zero-order chi connectivity index (χ0) is 17.6. The molecular weight excluding hydrogens is 304 g/mol. The first-order valence-electron chi connectivity index (χ1n) is 9.95. The summed E-state index contributed by atoms with van der Waals surface area (Å²) in [5, 5.41) is 11.2. The summed E-state index contributed by atoms with van der Waals surface area (Å²) in [7, 11) is 0. The third-order valence-electron chi connectivity index (χ3n) is 6.07. The molecule has 0 bridgehead atoms. The van der Waals surface area contributed by atoms with Crippen LogP contribution >= 0.6 is 0 Å². The fraction of sp³-hybridized carbons (Fsp3) is 0.500. The molecule has 0 fully saturated rings. The molecule has 0 unspecified atom stereocenters. The molecule has 0 aromatic heterocycles. The van der Waals surface area contributed by atoms with Gasteiger partial charge in [-0.15, -0.1) is 0 Å². The molecule has 0 radical (unpaired) electrons. The van der Waals surface area contributed by atoms with E-state index in [1.54, 1.807) is 0 Å². The molecule has 1 heteroatoms. The Hall–Kier alpha value is -1.76. The fourth-order valence-corrected chi connectivity index (χ4v) is 4.66. The first-order valence-corrected chi connectivity index (χ1v) is 9.95. The number of aryl methyl sites for hydroxylation is 3. The van der Waals surface area contributed by atoms with E-state index in [4.69, 9.17) is 0 Å². The number of fused-ring (bicyclic) bond motifs is 2. The van der Waals surface area contributed by atoms with Gasteiger partial charge in [0.1, 0.15) is 5.75 Å². The van der Waals surface area contributed by atoms with Crippen LogP contribution < -0.4 is 0 Å². The van der Waals surface area contributed by atoms with Gasteiger partial charge in [0.15, 0.2) is 0 Å². The van der Waals surface area contributed by atoms with Crippen molar-refractivity contribution in [3.8, 4) is 16.9 Å². The maximum absolute atomic E-state index is 11.2. The maximum atomic E-state index is 11.2. The average molecular weight is 335 g/mol. The molecule has 2 aliphatic rings. The van der Waals surface area contributed by atoms with Crippen LogP contribution in [-0.4, -0.2) is 5.11 Å². The van der Waals surface area contributed by atoms with E-state index < -0.39 is 0 Å². The summed E-state index contributed by atoms with van der Waals surface area (Å²) in [6.45, 7) is 6.79. The van der Waals surface area contributed by atoms with Crippen molar-refractivity contribution in [3.63, 3.8) is 0 Å². The lowest BCUT2D eigenvalue weighted by atomic mass is 9.76. The van der Waals surface area contributed by atoms with E-state index in [2.05, 4.69) is 45.0 Å². The van der Waals surface area contributed by atoms with Gasteiger partial charge >= 0.3 is 0 Å². The van der Waals surface area contributed by atoms with Gasteiger partial charge in [0.2, 0.25) is 0 Å². The minimum absolute atomic E-state index is 0.0230. The topological polar surface area (TPSA) is 20.2 Å². The van der Waals surface area contributed by atoms with E-state index in [0.29, 0.717) is 5.75 Å². The van der Waals surface area contributed by atoms with E-state index in [9.17, 15) is 5.11 Å². The van der Waals surface area contributed by atoms with Crippen LogP contribution in [-0.2, 0) is 31.1 Å². The van der Waals surface area contributed by atoms with Crippen LogP contribution in [0.3, 0.4) is 0 Å². The van der Waals surface area contributed by atoms with Crippen molar-refractivity contribution in [2.75, 3.05) is 0 Å². The fourth-order valence-electron chi connectivity index (χ4n) is 4.66. The van der Waals surface area contributed by atoms with Gasteiger partial charge < -0.3 is 5.11 Å². The van der Waals surface area contributed by atoms with E-state index in [0.717, 1.165) is 18.4 Å². The predicted molar refractivity (Wildman–Crippen MR) is 106 cm³/mol. The van der Waals surface area contributed by atoms with Crippen LogP contribution in [0.2, 0.25) is 0 Å². The van der Waals surface area contributed by atoms with Crippen molar-refractivity contribution in [1.29, 1.82) is 0 Å². The van der Waals surface area contributed by atoms with Gasteiger partial charge in [-0.3, -0.25) is 0 Å². The van der Waals surface area contributed by atoms with Gasteiger partial charge in [-0.1, -0.05) is 45.0 Å². The number of aromatic hydroxyl groups is 1. The highest BCUT2D eigenvalue weighted by Gasteiger charge is 2.27. The normalized spacial score (nSPS) is 17.1. The quantitative estimate of drug-likeness (QED) is 0.666. The monoisotopic (exact) mass is 334 g/mol. The van der Waals surface area contributed by atoms with Crippen molar-refractivity contribution in [3.05, 3.63) is 52.1 Å². The molecule has 0 heterocycles. The standard InChI is InChI=1S/C24H30O/c1-24(2,3)21-15-18-10-6-7-11-20(18)23(25)22(21)19-13-12-16-8-4-5-9-17(16)14-19/h12-15,25H,4-11H2,1-3H3. The second-order valence-corrected chi connectivity index (χ2v) is 8.93. The van der Waals surface area contributed by atoms with Crippen LogP contribution in [0, 0.1) is 0 Å². The zero-order valence-corrected chi connectivity index (χ0v) is 15.9. The average Bonchev–Trinajstić information content (AvgIpc) is 2.60. The van der Waals surface area contributed by atoms with E-state index in [1.807, 2.05) is 0 Å². The molecule has 4 rings (SSSR count). The lowest BCUT2D eigenvalue weighted by Crippen LogP contribution is -2.16. The Morgan fingerprint density at radius 2 is 1.40 bits per heavy atom. The van der Waals surface area contributed by atoms with Gasteiger partial charge in [-0.2, -0.15) is 0 Å². The van der Waals surface area contributed by atoms with E-state index in [1.165, 1.54) is 71.9 Å². The minimum atomic E-state index is 0.0230. The first-order chi connectivity index (χ1) is 11.9. The summed E-state index contributed by atoms with van der Waals surface area (Å²) < 4.78 is 0. The molecule has 2 aromatic carbocycles. The zero-order valence-electron chi connectivity index (χ0n) is 15.9. The largest absolute Gasteiger partial charge is 0.507 e. The summed E-state index contributed by atoms with van der Waals surface area (Å²) in [6.07, 6.45) is 9.55. The van der Waals surface area contributed by atoms with E-state index >= 15 is 0 Å². The summed E-state index contributed by atoms with van der Waals surface area (Å²) in [5.41, 5.74) is 9.17. The smallest absolute Gasteiger partial charge is 0.127 e. The molecule has 25 heavy (non-hydrogen) atoms. The second-order valence-electron chi connectivity index (χ2n) is 8.93. The first kappa shape index (κ1) is 16.7. The van der Waals surface area contributed by atoms with Crippen molar-refractivity contribution < 1.29 is 5.11 Å². The molecule has 0 spiro atoms. The highest BCUT2D eigenvalue weighted by atomic mass is 16.3. The molecule has 2 aromatic rings. The molecule has 0 atom stereocenters. The van der Waals surface area contributed by atoms with Crippen LogP contribution in [0.1, 0.15) is 74.3 Å². The molecular formula is C24H30O. The van der Waals surface area contributed by atoms with Crippen LogP contribution in [0.5, 0.6) is 5.75 Å². The molecule has 0 amide bonds. The van der Waals surface area contributed by atoms with Crippen molar-refractivity contribution >= 4 is 0 Å². The molecule has 0 saturated heterocycles. The molecule has 2 aliphatic carbocycles. The number of benzene rings is 2. The van der Waals surface area contributed by atoms with Gasteiger partial charge in [0.25, 0.3) is 0 Å². The Morgan fingerprint density at radius 1 is 0.760 bits per heavy atom. The van der Waals surface area contributed by atoms with Gasteiger partial charge in [0, 0.05) is 5.56 Å². The highest BCUT2D eigenvalue weighted by molar-refractivity contribution is 5.78. The lowest BCUT2D eigenvalue weighted by molar-refractivity contribution is 0.460. The van der Waals surface area contributed by atoms with Crippen LogP contribution in [0.4, 0.5) is 0 Å². The van der Waals surface area contributed by atoms with Crippen molar-refractivity contribution in [1.82, 2.24) is 0 Å². The number of hydrogen-bond donors (Lipinski definition) is 1. The lowest BCUT2D eigenvalue weighted by Gasteiger charge is -2.29. The second kappa shape index (κ2) is 6.20. The molecule has 0 saturated carbocycles. The summed E-state index contributed by atoms with van der Waals surface area (Å²) in [5.74, 6) is 0.554. The Morgan fingerprint density at radius 3 is 2.12 bits per heavy atom. The van der Waals surface area contributed by atoms with Gasteiger partial charge in [0.05, 0.1) is 0 Å². The molecule has 132 valence electrons. The Kier molecular flexibility index (Phi) is 4.14.